The molecular formula is C16H26N2O2. The summed E-state index contributed by atoms with van der Waals surface area (Å²) in [5.74, 6) is 0.627. The molecule has 0 radical (unpaired) electrons. The summed E-state index contributed by atoms with van der Waals surface area (Å²) in [5, 5.41) is 13.9. The fraction of sp³-hybridized carbons (Fsp3) is 0.688. The molecule has 1 heterocycles. The van der Waals surface area contributed by atoms with Crippen LogP contribution in [0.3, 0.4) is 0 Å². The van der Waals surface area contributed by atoms with E-state index in [1.165, 1.54) is 0 Å². The average Bonchev–Trinajstić information content (AvgIpc) is 2.43. The van der Waals surface area contributed by atoms with E-state index in [0.29, 0.717) is 24.4 Å². The predicted octanol–water partition coefficient (Wildman–Crippen LogP) is 2.51. The molecule has 0 aromatic carbocycles. The van der Waals surface area contributed by atoms with Gasteiger partial charge in [-0.15, -0.1) is 0 Å². The lowest BCUT2D eigenvalue weighted by Crippen LogP contribution is -2.44. The van der Waals surface area contributed by atoms with Crippen LogP contribution in [0, 0.1) is 5.41 Å². The smallest absolute Gasteiger partial charge is 0.213 e. The number of hydrogen-bond donors (Lipinski definition) is 2. The Balaban J connectivity index is 1.80. The molecule has 0 saturated heterocycles. The molecule has 0 atom stereocenters. The number of hydrogen-bond acceptors (Lipinski definition) is 4. The summed E-state index contributed by atoms with van der Waals surface area (Å²) in [5.41, 5.74) is 0.749. The van der Waals surface area contributed by atoms with Gasteiger partial charge in [-0.1, -0.05) is 19.9 Å². The second-order valence-corrected chi connectivity index (χ2v) is 6.66. The highest BCUT2D eigenvalue weighted by molar-refractivity contribution is 5.15. The lowest BCUT2D eigenvalue weighted by molar-refractivity contribution is -0.0245. The molecule has 2 rings (SSSR count). The van der Waals surface area contributed by atoms with Gasteiger partial charge in [0.2, 0.25) is 5.88 Å². The predicted molar refractivity (Wildman–Crippen MR) is 79.7 cm³/mol. The Hall–Kier alpha value is -1.13. The van der Waals surface area contributed by atoms with Gasteiger partial charge >= 0.3 is 0 Å². The van der Waals surface area contributed by atoms with Crippen molar-refractivity contribution in [2.45, 2.75) is 51.7 Å². The van der Waals surface area contributed by atoms with Gasteiger partial charge in [-0.3, -0.25) is 0 Å². The van der Waals surface area contributed by atoms with Crippen molar-refractivity contribution in [3.63, 3.8) is 0 Å². The molecule has 4 heteroatoms. The Morgan fingerprint density at radius 1 is 1.25 bits per heavy atom. The van der Waals surface area contributed by atoms with E-state index in [4.69, 9.17) is 4.74 Å². The number of rotatable bonds is 5. The largest absolute Gasteiger partial charge is 0.481 e. The van der Waals surface area contributed by atoms with Gasteiger partial charge in [0.15, 0.2) is 0 Å². The maximum absolute atomic E-state index is 10.6. The van der Waals surface area contributed by atoms with Crippen LogP contribution in [-0.2, 0) is 6.54 Å². The Bertz CT molecular complexity index is 436. The first-order valence-electron chi connectivity index (χ1n) is 7.36. The second-order valence-electron chi connectivity index (χ2n) is 6.66. The van der Waals surface area contributed by atoms with Crippen molar-refractivity contribution in [3.8, 4) is 5.88 Å². The van der Waals surface area contributed by atoms with Crippen LogP contribution < -0.4 is 10.1 Å². The quantitative estimate of drug-likeness (QED) is 0.869. The molecule has 1 saturated carbocycles. The van der Waals surface area contributed by atoms with Gasteiger partial charge in [0, 0.05) is 19.2 Å². The number of aromatic nitrogens is 1. The molecule has 112 valence electrons. The van der Waals surface area contributed by atoms with Crippen molar-refractivity contribution in [1.82, 2.24) is 10.3 Å². The number of nitrogens with one attached hydrogen (secondary N) is 1. The number of aliphatic hydroxyl groups is 1. The fourth-order valence-corrected chi connectivity index (χ4v) is 2.66. The molecular weight excluding hydrogens is 252 g/mol. The van der Waals surface area contributed by atoms with Crippen LogP contribution >= 0.6 is 0 Å². The van der Waals surface area contributed by atoms with E-state index in [1.54, 1.807) is 7.11 Å². The summed E-state index contributed by atoms with van der Waals surface area (Å²) in [6, 6.07) is 5.73. The van der Waals surface area contributed by atoms with Gasteiger partial charge in [0.25, 0.3) is 0 Å². The molecule has 1 aromatic heterocycles. The molecule has 2 N–H and O–H groups in total. The third kappa shape index (κ3) is 4.18. The number of methoxy groups -OCH3 is 1. The molecule has 0 amide bonds. The van der Waals surface area contributed by atoms with E-state index in [9.17, 15) is 5.11 Å². The van der Waals surface area contributed by atoms with Crippen LogP contribution in [0.15, 0.2) is 18.2 Å². The minimum absolute atomic E-state index is 0.376. The highest BCUT2D eigenvalue weighted by Crippen LogP contribution is 2.39. The Labute approximate surface area is 121 Å². The van der Waals surface area contributed by atoms with E-state index in [2.05, 4.69) is 24.1 Å². The molecule has 1 aromatic rings. The maximum atomic E-state index is 10.6. The zero-order valence-electron chi connectivity index (χ0n) is 12.8. The minimum atomic E-state index is -0.561. The van der Waals surface area contributed by atoms with Gasteiger partial charge < -0.3 is 15.2 Å². The zero-order chi connectivity index (χ0) is 14.6. The third-order valence-corrected chi connectivity index (χ3v) is 4.28. The van der Waals surface area contributed by atoms with E-state index < -0.39 is 5.60 Å². The zero-order valence-corrected chi connectivity index (χ0v) is 12.8. The normalized spacial score (nSPS) is 20.6. The van der Waals surface area contributed by atoms with Crippen molar-refractivity contribution in [3.05, 3.63) is 23.9 Å². The Kier molecular flexibility index (Phi) is 4.66. The second kappa shape index (κ2) is 6.10. The molecule has 1 aliphatic carbocycles. The number of pyridine rings is 1. The summed E-state index contributed by atoms with van der Waals surface area (Å²) in [7, 11) is 1.62. The first-order valence-corrected chi connectivity index (χ1v) is 7.36. The van der Waals surface area contributed by atoms with Gasteiger partial charge in [-0.25, -0.2) is 4.98 Å². The van der Waals surface area contributed by atoms with Crippen molar-refractivity contribution in [1.29, 1.82) is 0 Å². The first kappa shape index (κ1) is 15.3. The molecule has 1 aliphatic rings. The van der Waals surface area contributed by atoms with Crippen LogP contribution in [0.25, 0.3) is 0 Å². The van der Waals surface area contributed by atoms with Crippen LogP contribution in [0.4, 0.5) is 0 Å². The van der Waals surface area contributed by atoms with Gasteiger partial charge in [0.1, 0.15) is 0 Å². The van der Waals surface area contributed by atoms with Gasteiger partial charge in [0.05, 0.1) is 18.4 Å². The summed E-state index contributed by atoms with van der Waals surface area (Å²) in [4.78, 5) is 4.35. The Morgan fingerprint density at radius 3 is 2.60 bits per heavy atom. The molecule has 0 bridgehead atoms. The molecule has 0 aliphatic heterocycles. The monoisotopic (exact) mass is 278 g/mol. The summed E-state index contributed by atoms with van der Waals surface area (Å²) in [6.45, 7) is 5.84. The molecule has 0 spiro atoms. The van der Waals surface area contributed by atoms with E-state index in [1.807, 2.05) is 18.2 Å². The van der Waals surface area contributed by atoms with Crippen molar-refractivity contribution < 1.29 is 9.84 Å². The van der Waals surface area contributed by atoms with Gasteiger partial charge in [-0.05, 0) is 37.2 Å². The lowest BCUT2D eigenvalue weighted by atomic mass is 9.71. The molecule has 20 heavy (non-hydrogen) atoms. The highest BCUT2D eigenvalue weighted by atomic mass is 16.5. The number of ether oxygens (including phenoxy) is 1. The van der Waals surface area contributed by atoms with E-state index >= 15 is 0 Å². The van der Waals surface area contributed by atoms with Crippen LogP contribution in [-0.4, -0.2) is 29.3 Å². The van der Waals surface area contributed by atoms with E-state index in [-0.39, 0.29) is 0 Å². The highest BCUT2D eigenvalue weighted by Gasteiger charge is 2.36. The van der Waals surface area contributed by atoms with Crippen molar-refractivity contribution in [2.24, 2.45) is 5.41 Å². The van der Waals surface area contributed by atoms with Crippen LogP contribution in [0.5, 0.6) is 5.88 Å². The standard InChI is InChI=1S/C16H26N2O2/c1-15(2)7-9-16(19,10-8-15)12-17-11-13-5-4-6-14(18-13)20-3/h4-6,17,19H,7-12H2,1-3H3. The maximum Gasteiger partial charge on any atom is 0.213 e. The van der Waals surface area contributed by atoms with Crippen molar-refractivity contribution in [2.75, 3.05) is 13.7 Å². The topological polar surface area (TPSA) is 54.4 Å². The number of nitrogens with zero attached hydrogens (tertiary/aromatic N) is 1. The molecule has 4 nitrogen and oxygen atoms in total. The van der Waals surface area contributed by atoms with Crippen LogP contribution in [0.1, 0.15) is 45.2 Å². The summed E-state index contributed by atoms with van der Waals surface area (Å²) >= 11 is 0. The van der Waals surface area contributed by atoms with Crippen molar-refractivity contribution >= 4 is 0 Å². The summed E-state index contributed by atoms with van der Waals surface area (Å²) in [6.07, 6.45) is 3.92. The molecule has 1 fully saturated rings. The lowest BCUT2D eigenvalue weighted by Gasteiger charge is -2.40. The van der Waals surface area contributed by atoms with Gasteiger partial charge in [-0.2, -0.15) is 0 Å². The minimum Gasteiger partial charge on any atom is -0.481 e. The SMILES string of the molecule is COc1cccc(CNCC2(O)CCC(C)(C)CC2)n1. The first-order chi connectivity index (χ1) is 9.42. The molecule has 0 unspecified atom stereocenters. The Morgan fingerprint density at radius 2 is 1.95 bits per heavy atom. The van der Waals surface area contributed by atoms with Crippen LogP contribution in [0.2, 0.25) is 0 Å². The summed E-state index contributed by atoms with van der Waals surface area (Å²) < 4.78 is 5.11. The average molecular weight is 278 g/mol. The third-order valence-electron chi connectivity index (χ3n) is 4.28. The fourth-order valence-electron chi connectivity index (χ4n) is 2.66. The van der Waals surface area contributed by atoms with E-state index in [0.717, 1.165) is 31.4 Å².